The van der Waals surface area contributed by atoms with E-state index in [9.17, 15) is 9.90 Å². The number of carbonyl (C=O) groups is 1. The van der Waals surface area contributed by atoms with Crippen molar-refractivity contribution >= 4 is 28.8 Å². The zero-order valence-corrected chi connectivity index (χ0v) is 14.1. The zero-order valence-electron chi connectivity index (χ0n) is 14.1. The van der Waals surface area contributed by atoms with E-state index in [1.807, 2.05) is 14.1 Å². The van der Waals surface area contributed by atoms with Gasteiger partial charge in [-0.25, -0.2) is 4.79 Å². The Morgan fingerprint density at radius 2 is 2.08 bits per heavy atom. The van der Waals surface area contributed by atoms with E-state index in [0.717, 1.165) is 32.1 Å². The molecule has 0 bridgehead atoms. The van der Waals surface area contributed by atoms with Gasteiger partial charge in [0.2, 0.25) is 0 Å². The number of anilines is 2. The first-order valence-electron chi connectivity index (χ1n) is 8.30. The molecule has 0 spiro atoms. The standard InChI is InChI=1S/C17H24N4O3/c1-21(2)16-20-13-10-12(6-7-14(13)24-16)19-15(22)18-11-17(23)8-4-3-5-9-17/h6-7,10,23H,3-5,8-9,11H2,1-2H3,(H2,18,19,22). The molecular formula is C17H24N4O3. The summed E-state index contributed by atoms with van der Waals surface area (Å²) < 4.78 is 5.58. The molecule has 1 saturated carbocycles. The molecule has 130 valence electrons. The van der Waals surface area contributed by atoms with Crippen molar-refractivity contribution in [3.05, 3.63) is 18.2 Å². The number of aliphatic hydroxyl groups is 1. The van der Waals surface area contributed by atoms with E-state index in [1.165, 1.54) is 0 Å². The zero-order chi connectivity index (χ0) is 17.2. The molecule has 1 fully saturated rings. The lowest BCUT2D eigenvalue weighted by molar-refractivity contribution is 0.00755. The van der Waals surface area contributed by atoms with Crippen LogP contribution < -0.4 is 15.5 Å². The molecule has 2 aromatic rings. The quantitative estimate of drug-likeness (QED) is 0.801. The summed E-state index contributed by atoms with van der Waals surface area (Å²) >= 11 is 0. The van der Waals surface area contributed by atoms with Gasteiger partial charge in [0.25, 0.3) is 6.01 Å². The third-order valence-electron chi connectivity index (χ3n) is 4.38. The molecule has 0 aliphatic heterocycles. The third-order valence-corrected chi connectivity index (χ3v) is 4.38. The first-order valence-corrected chi connectivity index (χ1v) is 8.30. The Morgan fingerprint density at radius 1 is 1.33 bits per heavy atom. The molecule has 0 atom stereocenters. The maximum atomic E-state index is 12.1. The lowest BCUT2D eigenvalue weighted by atomic mass is 9.85. The van der Waals surface area contributed by atoms with Crippen molar-refractivity contribution in [3.8, 4) is 0 Å². The van der Waals surface area contributed by atoms with Crippen LogP contribution in [0.3, 0.4) is 0 Å². The molecule has 1 aromatic carbocycles. The number of benzene rings is 1. The van der Waals surface area contributed by atoms with Gasteiger partial charge in [-0.2, -0.15) is 4.98 Å². The molecule has 3 rings (SSSR count). The van der Waals surface area contributed by atoms with Crippen LogP contribution in [0.15, 0.2) is 22.6 Å². The van der Waals surface area contributed by atoms with Crippen molar-refractivity contribution in [2.24, 2.45) is 0 Å². The highest BCUT2D eigenvalue weighted by Crippen LogP contribution is 2.27. The van der Waals surface area contributed by atoms with Gasteiger partial charge in [0, 0.05) is 26.3 Å². The normalized spacial score (nSPS) is 16.8. The molecule has 1 aromatic heterocycles. The summed E-state index contributed by atoms with van der Waals surface area (Å²) in [5.41, 5.74) is 1.21. The van der Waals surface area contributed by atoms with Crippen molar-refractivity contribution in [2.45, 2.75) is 37.7 Å². The van der Waals surface area contributed by atoms with E-state index in [-0.39, 0.29) is 12.6 Å². The molecular weight excluding hydrogens is 308 g/mol. The molecule has 2 amide bonds. The van der Waals surface area contributed by atoms with Crippen LogP contribution in [0.4, 0.5) is 16.5 Å². The largest absolute Gasteiger partial charge is 0.423 e. The smallest absolute Gasteiger partial charge is 0.319 e. The van der Waals surface area contributed by atoms with Gasteiger partial charge >= 0.3 is 6.03 Å². The van der Waals surface area contributed by atoms with Crippen LogP contribution in [0, 0.1) is 0 Å². The summed E-state index contributed by atoms with van der Waals surface area (Å²) in [6.07, 6.45) is 4.66. The number of carbonyl (C=O) groups excluding carboxylic acids is 1. The second-order valence-corrected chi connectivity index (χ2v) is 6.67. The Morgan fingerprint density at radius 3 is 2.79 bits per heavy atom. The summed E-state index contributed by atoms with van der Waals surface area (Å²) in [6.45, 7) is 0.274. The highest BCUT2D eigenvalue weighted by Gasteiger charge is 2.29. The molecule has 1 heterocycles. The molecule has 0 saturated heterocycles. The fourth-order valence-electron chi connectivity index (χ4n) is 2.99. The van der Waals surface area contributed by atoms with Crippen LogP contribution in [0.5, 0.6) is 0 Å². The third kappa shape index (κ3) is 3.79. The van der Waals surface area contributed by atoms with Gasteiger partial charge in [-0.1, -0.05) is 19.3 Å². The summed E-state index contributed by atoms with van der Waals surface area (Å²) in [5, 5.41) is 15.9. The molecule has 3 N–H and O–H groups in total. The fraction of sp³-hybridized carbons (Fsp3) is 0.529. The first kappa shape index (κ1) is 16.6. The number of nitrogens with one attached hydrogen (secondary N) is 2. The average Bonchev–Trinajstić information content (AvgIpc) is 2.97. The maximum Gasteiger partial charge on any atom is 0.319 e. The van der Waals surface area contributed by atoms with Gasteiger partial charge in [0.05, 0.1) is 5.60 Å². The van der Waals surface area contributed by atoms with Crippen LogP contribution in [0.25, 0.3) is 11.1 Å². The minimum absolute atomic E-state index is 0.274. The SMILES string of the molecule is CN(C)c1nc2cc(NC(=O)NCC3(O)CCCCC3)ccc2o1. The van der Waals surface area contributed by atoms with E-state index in [2.05, 4.69) is 15.6 Å². The second-order valence-electron chi connectivity index (χ2n) is 6.67. The van der Waals surface area contributed by atoms with Gasteiger partial charge in [0.15, 0.2) is 5.58 Å². The van der Waals surface area contributed by atoms with Gasteiger partial charge < -0.3 is 25.1 Å². The van der Waals surface area contributed by atoms with E-state index >= 15 is 0 Å². The second kappa shape index (κ2) is 6.68. The van der Waals surface area contributed by atoms with E-state index in [4.69, 9.17) is 4.42 Å². The van der Waals surface area contributed by atoms with Crippen LogP contribution in [0.2, 0.25) is 0 Å². The number of fused-ring (bicyclic) bond motifs is 1. The summed E-state index contributed by atoms with van der Waals surface area (Å²) in [6, 6.07) is 5.50. The topological polar surface area (TPSA) is 90.6 Å². The van der Waals surface area contributed by atoms with E-state index in [0.29, 0.717) is 22.8 Å². The lowest BCUT2D eigenvalue weighted by Gasteiger charge is -2.32. The van der Waals surface area contributed by atoms with Crippen molar-refractivity contribution in [1.29, 1.82) is 0 Å². The summed E-state index contributed by atoms with van der Waals surface area (Å²) in [5.74, 6) is 0. The molecule has 1 aliphatic rings. The maximum absolute atomic E-state index is 12.1. The van der Waals surface area contributed by atoms with Crippen molar-refractivity contribution in [2.75, 3.05) is 30.9 Å². The van der Waals surface area contributed by atoms with Crippen molar-refractivity contribution < 1.29 is 14.3 Å². The number of nitrogens with zero attached hydrogens (tertiary/aromatic N) is 2. The summed E-state index contributed by atoms with van der Waals surface area (Å²) in [7, 11) is 3.71. The van der Waals surface area contributed by atoms with Gasteiger partial charge in [-0.15, -0.1) is 0 Å². The molecule has 24 heavy (non-hydrogen) atoms. The Labute approximate surface area is 141 Å². The predicted molar refractivity (Wildman–Crippen MR) is 93.4 cm³/mol. The van der Waals surface area contributed by atoms with Gasteiger partial charge in [-0.3, -0.25) is 0 Å². The minimum atomic E-state index is -0.772. The van der Waals surface area contributed by atoms with Crippen LogP contribution in [0.1, 0.15) is 32.1 Å². The van der Waals surface area contributed by atoms with Crippen molar-refractivity contribution in [3.63, 3.8) is 0 Å². The molecule has 7 nitrogen and oxygen atoms in total. The van der Waals surface area contributed by atoms with Crippen LogP contribution in [-0.2, 0) is 0 Å². The average molecular weight is 332 g/mol. The fourth-order valence-corrected chi connectivity index (χ4v) is 2.99. The van der Waals surface area contributed by atoms with Crippen LogP contribution >= 0.6 is 0 Å². The highest BCUT2D eigenvalue weighted by atomic mass is 16.4. The molecule has 0 radical (unpaired) electrons. The lowest BCUT2D eigenvalue weighted by Crippen LogP contribution is -2.45. The Hall–Kier alpha value is -2.28. The van der Waals surface area contributed by atoms with Gasteiger partial charge in [-0.05, 0) is 31.0 Å². The monoisotopic (exact) mass is 332 g/mol. The first-order chi connectivity index (χ1) is 11.5. The number of urea groups is 1. The number of rotatable bonds is 4. The minimum Gasteiger partial charge on any atom is -0.423 e. The number of hydrogen-bond donors (Lipinski definition) is 3. The van der Waals surface area contributed by atoms with E-state index < -0.39 is 5.60 Å². The summed E-state index contributed by atoms with van der Waals surface area (Å²) in [4.78, 5) is 18.2. The Kier molecular flexibility index (Phi) is 4.62. The molecule has 1 aliphatic carbocycles. The number of aromatic nitrogens is 1. The highest BCUT2D eigenvalue weighted by molar-refractivity contribution is 5.91. The number of oxazole rings is 1. The predicted octanol–water partition coefficient (Wildman–Crippen LogP) is 2.71. The molecule has 7 heteroatoms. The van der Waals surface area contributed by atoms with Crippen LogP contribution in [-0.4, -0.2) is 42.4 Å². The van der Waals surface area contributed by atoms with E-state index in [1.54, 1.807) is 23.1 Å². The van der Waals surface area contributed by atoms with Crippen molar-refractivity contribution in [1.82, 2.24) is 10.3 Å². The number of hydrogen-bond acceptors (Lipinski definition) is 5. The van der Waals surface area contributed by atoms with Gasteiger partial charge in [0.1, 0.15) is 5.52 Å². The Balaban J connectivity index is 1.60. The number of amides is 2. The molecule has 0 unspecified atom stereocenters. The Bertz CT molecular complexity index is 720.